The summed E-state index contributed by atoms with van der Waals surface area (Å²) in [6, 6.07) is 4.87. The smallest absolute Gasteiger partial charge is 0.154 e. The molecule has 0 radical (unpaired) electrons. The van der Waals surface area contributed by atoms with Crippen LogP contribution in [0.2, 0.25) is 0 Å². The molecule has 1 unspecified atom stereocenters. The lowest BCUT2D eigenvalue weighted by Gasteiger charge is -2.15. The van der Waals surface area contributed by atoms with Crippen LogP contribution < -0.4 is 21.9 Å². The highest BCUT2D eigenvalue weighted by Gasteiger charge is 2.09. The summed E-state index contributed by atoms with van der Waals surface area (Å²) in [6.45, 7) is 1.45. The van der Waals surface area contributed by atoms with Crippen molar-refractivity contribution in [2.24, 2.45) is 5.73 Å². The first-order valence-electron chi connectivity index (χ1n) is 4.55. The summed E-state index contributed by atoms with van der Waals surface area (Å²) < 4.78 is 5.29. The Kier molecular flexibility index (Phi) is 3.51. The van der Waals surface area contributed by atoms with Gasteiger partial charge >= 0.3 is 0 Å². The Morgan fingerprint density at radius 2 is 2.13 bits per heavy atom. The zero-order valence-electron chi connectivity index (χ0n) is 8.57. The van der Waals surface area contributed by atoms with E-state index in [2.05, 4.69) is 0 Å². The van der Waals surface area contributed by atoms with Crippen LogP contribution in [0.1, 0.15) is 13.3 Å². The van der Waals surface area contributed by atoms with Crippen molar-refractivity contribution in [1.29, 1.82) is 0 Å². The van der Waals surface area contributed by atoms with Gasteiger partial charge in [-0.1, -0.05) is 0 Å². The van der Waals surface area contributed by atoms with E-state index in [9.17, 15) is 4.79 Å². The summed E-state index contributed by atoms with van der Waals surface area (Å²) in [7, 11) is 0. The first-order chi connectivity index (χ1) is 6.99. The number of carbonyl (C=O) groups is 1. The molecule has 0 saturated heterocycles. The molecule has 1 rings (SSSR count). The second-order valence-electron chi connectivity index (χ2n) is 3.36. The van der Waals surface area contributed by atoms with Crippen LogP contribution in [0.25, 0.3) is 0 Å². The number of ketones is 1. The second kappa shape index (κ2) is 4.65. The first kappa shape index (κ1) is 11.3. The van der Waals surface area contributed by atoms with Gasteiger partial charge in [-0.15, -0.1) is 0 Å². The third kappa shape index (κ3) is 3.47. The fourth-order valence-electron chi connectivity index (χ4n) is 1.14. The van der Waals surface area contributed by atoms with Crippen molar-refractivity contribution in [2.75, 3.05) is 11.5 Å². The number of ether oxygens (including phenoxy) is 1. The van der Waals surface area contributed by atoms with Crippen LogP contribution >= 0.6 is 0 Å². The Morgan fingerprint density at radius 1 is 1.47 bits per heavy atom. The highest BCUT2D eigenvalue weighted by molar-refractivity contribution is 5.76. The molecular weight excluding hydrogens is 194 g/mol. The van der Waals surface area contributed by atoms with Gasteiger partial charge in [0.25, 0.3) is 0 Å². The quantitative estimate of drug-likeness (QED) is 0.494. The van der Waals surface area contributed by atoms with Crippen molar-refractivity contribution in [3.05, 3.63) is 18.2 Å². The van der Waals surface area contributed by atoms with Gasteiger partial charge in [-0.05, 0) is 19.1 Å². The summed E-state index contributed by atoms with van der Waals surface area (Å²) in [5.74, 6) is 0.369. The van der Waals surface area contributed by atoms with E-state index < -0.39 is 6.23 Å². The third-order valence-corrected chi connectivity index (χ3v) is 1.80. The molecule has 82 valence electrons. The number of Topliss-reactive ketones (excluding diaryl/α,β-unsaturated/α-hetero) is 1. The lowest BCUT2D eigenvalue weighted by atomic mass is 10.2. The van der Waals surface area contributed by atoms with Crippen molar-refractivity contribution in [1.82, 2.24) is 0 Å². The van der Waals surface area contributed by atoms with Crippen molar-refractivity contribution < 1.29 is 9.53 Å². The fraction of sp³-hybridized carbons (Fsp3) is 0.300. The van der Waals surface area contributed by atoms with Gasteiger partial charge in [-0.3, -0.25) is 10.5 Å². The predicted molar refractivity (Wildman–Crippen MR) is 59.2 cm³/mol. The number of hydrogen-bond donors (Lipinski definition) is 3. The van der Waals surface area contributed by atoms with Gasteiger partial charge in [0.2, 0.25) is 0 Å². The van der Waals surface area contributed by atoms with Crippen LogP contribution in [0.4, 0.5) is 11.4 Å². The Bertz CT molecular complexity index is 366. The van der Waals surface area contributed by atoms with Crippen LogP contribution in [0.3, 0.4) is 0 Å². The molecule has 15 heavy (non-hydrogen) atoms. The van der Waals surface area contributed by atoms with E-state index in [0.717, 1.165) is 0 Å². The second-order valence-corrected chi connectivity index (χ2v) is 3.36. The molecule has 0 aliphatic rings. The number of anilines is 2. The molecular formula is C10H15N3O2. The zero-order valence-corrected chi connectivity index (χ0v) is 8.57. The molecule has 1 aromatic rings. The molecule has 1 atom stereocenters. The molecule has 0 heterocycles. The SMILES string of the molecule is CC(=O)CC(N)Oc1cc(N)ccc1N. The van der Waals surface area contributed by atoms with Crippen LogP contribution in [-0.4, -0.2) is 12.0 Å². The van der Waals surface area contributed by atoms with E-state index in [1.165, 1.54) is 6.92 Å². The maximum Gasteiger partial charge on any atom is 0.154 e. The van der Waals surface area contributed by atoms with Gasteiger partial charge < -0.3 is 16.2 Å². The monoisotopic (exact) mass is 209 g/mol. The standard InChI is InChI=1S/C10H15N3O2/c1-6(14)4-10(13)15-9-5-7(11)2-3-8(9)12/h2-3,5,10H,4,11-13H2,1H3. The summed E-state index contributed by atoms with van der Waals surface area (Å²) in [4.78, 5) is 10.8. The molecule has 0 fully saturated rings. The Labute approximate surface area is 88.2 Å². The minimum Gasteiger partial charge on any atom is -0.473 e. The van der Waals surface area contributed by atoms with Crippen LogP contribution in [0.5, 0.6) is 5.75 Å². The molecule has 0 saturated carbocycles. The summed E-state index contributed by atoms with van der Waals surface area (Å²) in [5.41, 5.74) is 17.8. The fourth-order valence-corrected chi connectivity index (χ4v) is 1.14. The Morgan fingerprint density at radius 3 is 2.73 bits per heavy atom. The summed E-state index contributed by atoms with van der Waals surface area (Å²) >= 11 is 0. The van der Waals surface area contributed by atoms with E-state index >= 15 is 0 Å². The average molecular weight is 209 g/mol. The normalized spacial score (nSPS) is 12.1. The molecule has 0 aromatic heterocycles. The van der Waals surface area contributed by atoms with E-state index in [-0.39, 0.29) is 12.2 Å². The molecule has 1 aromatic carbocycles. The first-order valence-corrected chi connectivity index (χ1v) is 4.55. The Balaban J connectivity index is 2.71. The zero-order chi connectivity index (χ0) is 11.4. The minimum atomic E-state index is -0.688. The molecule has 6 N–H and O–H groups in total. The predicted octanol–water partition coefficient (Wildman–Crippen LogP) is 0.494. The van der Waals surface area contributed by atoms with E-state index in [1.807, 2.05) is 0 Å². The van der Waals surface area contributed by atoms with Crippen molar-refractivity contribution in [3.63, 3.8) is 0 Å². The Hall–Kier alpha value is -1.75. The van der Waals surface area contributed by atoms with Gasteiger partial charge in [0.15, 0.2) is 6.23 Å². The number of hydrogen-bond acceptors (Lipinski definition) is 5. The highest BCUT2D eigenvalue weighted by Crippen LogP contribution is 2.24. The van der Waals surface area contributed by atoms with Gasteiger partial charge in [0, 0.05) is 11.8 Å². The highest BCUT2D eigenvalue weighted by atomic mass is 16.5. The minimum absolute atomic E-state index is 0.0371. The molecule has 0 spiro atoms. The van der Waals surface area contributed by atoms with Gasteiger partial charge in [0.05, 0.1) is 12.1 Å². The summed E-state index contributed by atoms with van der Waals surface area (Å²) in [6.07, 6.45) is -0.541. The van der Waals surface area contributed by atoms with E-state index in [0.29, 0.717) is 17.1 Å². The lowest BCUT2D eigenvalue weighted by Crippen LogP contribution is -2.29. The van der Waals surface area contributed by atoms with Crippen LogP contribution in [-0.2, 0) is 4.79 Å². The molecule has 5 heteroatoms. The van der Waals surface area contributed by atoms with E-state index in [1.54, 1.807) is 18.2 Å². The van der Waals surface area contributed by atoms with Gasteiger partial charge in [0.1, 0.15) is 11.5 Å². The lowest BCUT2D eigenvalue weighted by molar-refractivity contribution is -0.118. The molecule has 0 amide bonds. The maximum absolute atomic E-state index is 10.8. The van der Waals surface area contributed by atoms with Crippen molar-refractivity contribution >= 4 is 17.2 Å². The maximum atomic E-state index is 10.8. The topological polar surface area (TPSA) is 104 Å². The average Bonchev–Trinajstić information content (AvgIpc) is 2.10. The summed E-state index contributed by atoms with van der Waals surface area (Å²) in [5, 5.41) is 0. The van der Waals surface area contributed by atoms with Gasteiger partial charge in [-0.25, -0.2) is 0 Å². The molecule has 5 nitrogen and oxygen atoms in total. The number of rotatable bonds is 4. The van der Waals surface area contributed by atoms with Crippen molar-refractivity contribution in [2.45, 2.75) is 19.6 Å². The number of carbonyl (C=O) groups excluding carboxylic acids is 1. The van der Waals surface area contributed by atoms with Crippen LogP contribution in [0.15, 0.2) is 18.2 Å². The molecule has 0 bridgehead atoms. The molecule has 0 aliphatic carbocycles. The molecule has 0 aliphatic heterocycles. The van der Waals surface area contributed by atoms with Crippen molar-refractivity contribution in [3.8, 4) is 5.75 Å². The van der Waals surface area contributed by atoms with Crippen LogP contribution in [0, 0.1) is 0 Å². The largest absolute Gasteiger partial charge is 0.473 e. The number of benzene rings is 1. The number of nitrogens with two attached hydrogens (primary N) is 3. The van der Waals surface area contributed by atoms with Gasteiger partial charge in [-0.2, -0.15) is 0 Å². The number of nitrogen functional groups attached to an aromatic ring is 2. The third-order valence-electron chi connectivity index (χ3n) is 1.80. The van der Waals surface area contributed by atoms with E-state index in [4.69, 9.17) is 21.9 Å².